The number of hydrogen-bond acceptors (Lipinski definition) is 3. The van der Waals surface area contributed by atoms with Gasteiger partial charge in [-0.15, -0.1) is 0 Å². The minimum absolute atomic E-state index is 0.619. The standard InChI is InChI=1S/CH5N.CH6O5P2/c1-2;1-7(2,3)8(4,5)6/h2H2,1H3;1H3,(H,2,3)(H2,4,5,6). The molecule has 0 aromatic rings. The third-order valence-electron chi connectivity index (χ3n) is 0.483. The molecule has 0 radical (unpaired) electrons. The van der Waals surface area contributed by atoms with Gasteiger partial charge in [0.05, 0.1) is 0 Å². The summed E-state index contributed by atoms with van der Waals surface area (Å²) in [5.74, 6) is 0. The van der Waals surface area contributed by atoms with Crippen LogP contribution in [0, 0.1) is 0 Å². The van der Waals surface area contributed by atoms with Crippen molar-refractivity contribution in [3.05, 3.63) is 0 Å². The summed E-state index contributed by atoms with van der Waals surface area (Å²) in [4.78, 5) is 24.1. The highest BCUT2D eigenvalue weighted by Crippen LogP contribution is 2.71. The second-order valence-electron chi connectivity index (χ2n) is 1.35. The summed E-state index contributed by atoms with van der Waals surface area (Å²) in [5, 5.41) is 0. The third kappa shape index (κ3) is 5.11. The summed E-state index contributed by atoms with van der Waals surface area (Å²) in [5.41, 5.74) is 4.50. The highest BCUT2D eigenvalue weighted by Gasteiger charge is 2.33. The maximum atomic E-state index is 10.0. The Kier molecular flexibility index (Phi) is 5.48. The Balaban J connectivity index is 0. The molecule has 6 nitrogen and oxygen atoms in total. The Morgan fingerprint density at radius 2 is 1.20 bits per heavy atom. The fourth-order valence-electron chi connectivity index (χ4n) is 0. The molecule has 0 aliphatic rings. The highest BCUT2D eigenvalue weighted by molar-refractivity contribution is 8.28. The van der Waals surface area contributed by atoms with Crippen molar-refractivity contribution in [1.82, 2.24) is 0 Å². The van der Waals surface area contributed by atoms with Gasteiger partial charge in [-0.05, 0) is 7.05 Å². The van der Waals surface area contributed by atoms with Crippen molar-refractivity contribution in [2.75, 3.05) is 13.7 Å². The molecule has 0 bridgehead atoms. The lowest BCUT2D eigenvalue weighted by Gasteiger charge is -2.04. The van der Waals surface area contributed by atoms with Crippen LogP contribution in [0.4, 0.5) is 0 Å². The van der Waals surface area contributed by atoms with Crippen LogP contribution in [0.5, 0.6) is 0 Å². The molecule has 0 aromatic heterocycles. The molecule has 0 aliphatic heterocycles. The second-order valence-corrected chi connectivity index (χ2v) is 7.84. The average molecular weight is 191 g/mol. The lowest BCUT2D eigenvalue weighted by Crippen LogP contribution is -1.77. The molecule has 0 heterocycles. The van der Waals surface area contributed by atoms with E-state index in [4.69, 9.17) is 14.7 Å². The molecule has 0 amide bonds. The Labute approximate surface area is 58.6 Å². The molecule has 1 atom stereocenters. The van der Waals surface area contributed by atoms with Gasteiger partial charge in [-0.2, -0.15) is 0 Å². The van der Waals surface area contributed by atoms with Crippen molar-refractivity contribution < 1.29 is 23.8 Å². The number of rotatable bonds is 1. The quantitative estimate of drug-likeness (QED) is 0.416. The molecule has 1 unspecified atom stereocenters. The first-order valence-corrected chi connectivity index (χ1v) is 6.61. The molecule has 0 aliphatic carbocycles. The number of hydrogen-bond donors (Lipinski definition) is 4. The van der Waals surface area contributed by atoms with Crippen molar-refractivity contribution in [3.8, 4) is 0 Å². The zero-order chi connectivity index (χ0) is 9.00. The van der Waals surface area contributed by atoms with Crippen LogP contribution in [0.3, 0.4) is 0 Å². The Hall–Kier alpha value is 0.300. The van der Waals surface area contributed by atoms with Crippen LogP contribution < -0.4 is 5.73 Å². The summed E-state index contributed by atoms with van der Waals surface area (Å²) in [6.07, 6.45) is 0. The van der Waals surface area contributed by atoms with Crippen molar-refractivity contribution in [1.29, 1.82) is 0 Å². The van der Waals surface area contributed by atoms with E-state index in [9.17, 15) is 9.13 Å². The van der Waals surface area contributed by atoms with E-state index in [1.807, 2.05) is 0 Å². The van der Waals surface area contributed by atoms with Gasteiger partial charge < -0.3 is 20.4 Å². The summed E-state index contributed by atoms with van der Waals surface area (Å²) < 4.78 is 19.9. The first-order chi connectivity index (χ1) is 4.25. The molecule has 8 heteroatoms. The Morgan fingerprint density at radius 3 is 1.20 bits per heavy atom. The zero-order valence-electron chi connectivity index (χ0n) is 5.63. The molecule has 0 saturated heterocycles. The van der Waals surface area contributed by atoms with Crippen LogP contribution >= 0.6 is 14.3 Å². The minimum Gasteiger partial charge on any atom is -0.336 e. The molecule has 0 rings (SSSR count). The van der Waals surface area contributed by atoms with E-state index in [1.54, 1.807) is 0 Å². The molecule has 64 valence electrons. The predicted octanol–water partition coefficient (Wildman–Crippen LogP) is -0.446. The summed E-state index contributed by atoms with van der Waals surface area (Å²) >= 11 is 0. The average Bonchev–Trinajstić information content (AvgIpc) is 1.66. The van der Waals surface area contributed by atoms with Crippen LogP contribution in [0.15, 0.2) is 0 Å². The smallest absolute Gasteiger partial charge is 0.336 e. The Bertz CT molecular complexity index is 146. The predicted molar refractivity (Wildman–Crippen MR) is 37.9 cm³/mol. The van der Waals surface area contributed by atoms with E-state index in [0.717, 1.165) is 0 Å². The maximum absolute atomic E-state index is 10.0. The molecule has 0 saturated carbocycles. The molecule has 10 heavy (non-hydrogen) atoms. The van der Waals surface area contributed by atoms with Gasteiger partial charge in [0.15, 0.2) is 0 Å². The van der Waals surface area contributed by atoms with Crippen molar-refractivity contribution in [2.24, 2.45) is 5.73 Å². The molecule has 0 aromatic carbocycles. The first kappa shape index (κ1) is 12.9. The lowest BCUT2D eigenvalue weighted by atomic mass is 11.6. The van der Waals surface area contributed by atoms with E-state index < -0.39 is 14.3 Å². The fourth-order valence-corrected chi connectivity index (χ4v) is 0. The highest BCUT2D eigenvalue weighted by atomic mass is 32.1. The van der Waals surface area contributed by atoms with E-state index in [2.05, 4.69) is 5.73 Å². The van der Waals surface area contributed by atoms with Gasteiger partial charge in [-0.3, -0.25) is 4.57 Å². The van der Waals surface area contributed by atoms with Crippen molar-refractivity contribution in [2.45, 2.75) is 0 Å². The SMILES string of the molecule is CN.CP(=O)(O)P(=O)(O)O. The largest absolute Gasteiger partial charge is 0.407 e. The lowest BCUT2D eigenvalue weighted by molar-refractivity contribution is 0.378. The van der Waals surface area contributed by atoms with Crippen LogP contribution in [0.2, 0.25) is 0 Å². The second kappa shape index (κ2) is 4.23. The maximum Gasteiger partial charge on any atom is 0.407 e. The molecule has 0 fully saturated rings. The van der Waals surface area contributed by atoms with Crippen molar-refractivity contribution in [3.63, 3.8) is 0 Å². The van der Waals surface area contributed by atoms with Crippen molar-refractivity contribution >= 4 is 14.3 Å². The summed E-state index contributed by atoms with van der Waals surface area (Å²) in [6, 6.07) is 0. The van der Waals surface area contributed by atoms with E-state index >= 15 is 0 Å². The van der Waals surface area contributed by atoms with E-state index in [0.29, 0.717) is 6.66 Å². The van der Waals surface area contributed by atoms with Crippen LogP contribution in [0.1, 0.15) is 0 Å². The molecule has 5 N–H and O–H groups in total. The zero-order valence-corrected chi connectivity index (χ0v) is 7.42. The monoisotopic (exact) mass is 191 g/mol. The van der Waals surface area contributed by atoms with Gasteiger partial charge in [-0.25, -0.2) is 4.57 Å². The normalized spacial score (nSPS) is 16.6. The first-order valence-electron chi connectivity index (χ1n) is 2.19. The van der Waals surface area contributed by atoms with Crippen LogP contribution in [-0.2, 0) is 9.13 Å². The van der Waals surface area contributed by atoms with Gasteiger partial charge in [0.2, 0.25) is 0 Å². The molecule has 0 spiro atoms. The van der Waals surface area contributed by atoms with Gasteiger partial charge in [-0.1, -0.05) is 0 Å². The molecular weight excluding hydrogens is 180 g/mol. The topological polar surface area (TPSA) is 121 Å². The van der Waals surface area contributed by atoms with Gasteiger partial charge >= 0.3 is 14.3 Å². The molecular formula is C2H11NO5P2. The van der Waals surface area contributed by atoms with Crippen LogP contribution in [0.25, 0.3) is 0 Å². The van der Waals surface area contributed by atoms with E-state index in [-0.39, 0.29) is 0 Å². The Morgan fingerprint density at radius 1 is 1.10 bits per heavy atom. The summed E-state index contributed by atoms with van der Waals surface area (Å²) in [6.45, 7) is 0.619. The minimum atomic E-state index is -4.74. The summed E-state index contributed by atoms with van der Waals surface area (Å²) in [7, 11) is -7.42. The number of nitrogens with two attached hydrogens (primary N) is 1. The van der Waals surface area contributed by atoms with Crippen LogP contribution in [-0.4, -0.2) is 28.4 Å². The van der Waals surface area contributed by atoms with Gasteiger partial charge in [0.25, 0.3) is 0 Å². The third-order valence-corrected chi connectivity index (χ3v) is 4.35. The van der Waals surface area contributed by atoms with Gasteiger partial charge in [0, 0.05) is 6.66 Å². The van der Waals surface area contributed by atoms with E-state index in [1.165, 1.54) is 7.05 Å². The van der Waals surface area contributed by atoms with Gasteiger partial charge in [0.1, 0.15) is 0 Å². The fraction of sp³-hybridized carbons (Fsp3) is 1.00.